The van der Waals surface area contributed by atoms with Crippen LogP contribution in [0.4, 0.5) is 0 Å². The molecule has 1 fully saturated rings. The Morgan fingerprint density at radius 1 is 1.30 bits per heavy atom. The Kier molecular flexibility index (Phi) is 2.50. The molecule has 2 N–H and O–H groups in total. The predicted molar refractivity (Wildman–Crippen MR) is 73.8 cm³/mol. The van der Waals surface area contributed by atoms with Gasteiger partial charge in [-0.25, -0.2) is 0 Å². The number of hydrogen-bond acceptors (Lipinski definition) is 5. The van der Waals surface area contributed by atoms with E-state index in [0.717, 1.165) is 41.3 Å². The van der Waals surface area contributed by atoms with Crippen molar-refractivity contribution >= 4 is 10.9 Å². The SMILES string of the molecule is COc1ccc2cc(-c3nc(C4CNC4)no3)[nH]c2c1. The van der Waals surface area contributed by atoms with Gasteiger partial charge >= 0.3 is 0 Å². The molecule has 0 bridgehead atoms. The summed E-state index contributed by atoms with van der Waals surface area (Å²) in [5, 5.41) is 8.34. The molecular formula is C14H14N4O2. The van der Waals surface area contributed by atoms with Gasteiger partial charge < -0.3 is 19.6 Å². The van der Waals surface area contributed by atoms with E-state index in [9.17, 15) is 0 Å². The minimum Gasteiger partial charge on any atom is -0.497 e. The second kappa shape index (κ2) is 4.35. The van der Waals surface area contributed by atoms with Crippen molar-refractivity contribution in [3.05, 3.63) is 30.1 Å². The summed E-state index contributed by atoms with van der Waals surface area (Å²) in [4.78, 5) is 7.74. The van der Waals surface area contributed by atoms with Gasteiger partial charge in [-0.1, -0.05) is 5.16 Å². The quantitative estimate of drug-likeness (QED) is 0.760. The van der Waals surface area contributed by atoms with Gasteiger partial charge in [-0.05, 0) is 18.2 Å². The van der Waals surface area contributed by atoms with Gasteiger partial charge in [0.05, 0.1) is 7.11 Å². The van der Waals surface area contributed by atoms with Crippen LogP contribution < -0.4 is 10.1 Å². The average molecular weight is 270 g/mol. The fraction of sp³-hybridized carbons (Fsp3) is 0.286. The van der Waals surface area contributed by atoms with Crippen LogP contribution in [0.15, 0.2) is 28.8 Å². The maximum absolute atomic E-state index is 5.34. The molecule has 3 heterocycles. The number of hydrogen-bond donors (Lipinski definition) is 2. The molecular weight excluding hydrogens is 256 g/mol. The summed E-state index contributed by atoms with van der Waals surface area (Å²) in [7, 11) is 1.65. The Balaban J connectivity index is 1.71. The van der Waals surface area contributed by atoms with Crippen molar-refractivity contribution in [1.29, 1.82) is 0 Å². The summed E-state index contributed by atoms with van der Waals surface area (Å²) in [6, 6.07) is 7.89. The molecule has 20 heavy (non-hydrogen) atoms. The third kappa shape index (κ3) is 1.77. The van der Waals surface area contributed by atoms with E-state index >= 15 is 0 Å². The van der Waals surface area contributed by atoms with Crippen LogP contribution in [0.2, 0.25) is 0 Å². The topological polar surface area (TPSA) is 76.0 Å². The summed E-state index contributed by atoms with van der Waals surface area (Å²) in [5.74, 6) is 2.49. The van der Waals surface area contributed by atoms with Gasteiger partial charge in [-0.15, -0.1) is 0 Å². The number of rotatable bonds is 3. The molecule has 102 valence electrons. The molecule has 3 aromatic rings. The summed E-state index contributed by atoms with van der Waals surface area (Å²) in [6.07, 6.45) is 0. The Bertz CT molecular complexity index is 757. The molecule has 4 rings (SSSR count). The van der Waals surface area contributed by atoms with E-state index in [1.807, 2.05) is 24.3 Å². The number of nitrogens with one attached hydrogen (secondary N) is 2. The van der Waals surface area contributed by atoms with E-state index in [0.29, 0.717) is 11.8 Å². The van der Waals surface area contributed by atoms with Gasteiger partial charge in [0.1, 0.15) is 11.4 Å². The highest BCUT2D eigenvalue weighted by atomic mass is 16.5. The van der Waals surface area contributed by atoms with Crippen molar-refractivity contribution in [2.75, 3.05) is 20.2 Å². The maximum atomic E-state index is 5.34. The van der Waals surface area contributed by atoms with Crippen molar-refractivity contribution < 1.29 is 9.26 Å². The number of aromatic amines is 1. The standard InChI is InChI=1S/C14H14N4O2/c1-19-10-3-2-8-4-12(16-11(8)5-10)14-17-13(18-20-14)9-6-15-7-9/h2-5,9,15-16H,6-7H2,1H3. The summed E-state index contributed by atoms with van der Waals surface area (Å²) >= 11 is 0. The monoisotopic (exact) mass is 270 g/mol. The van der Waals surface area contributed by atoms with Crippen LogP contribution >= 0.6 is 0 Å². The fourth-order valence-corrected chi connectivity index (χ4v) is 2.33. The van der Waals surface area contributed by atoms with Gasteiger partial charge in [0.25, 0.3) is 5.89 Å². The van der Waals surface area contributed by atoms with Crippen LogP contribution in [-0.2, 0) is 0 Å². The van der Waals surface area contributed by atoms with Crippen LogP contribution in [0.1, 0.15) is 11.7 Å². The third-order valence-electron chi connectivity index (χ3n) is 3.65. The van der Waals surface area contributed by atoms with E-state index in [2.05, 4.69) is 20.4 Å². The summed E-state index contributed by atoms with van der Waals surface area (Å²) in [5.41, 5.74) is 1.82. The number of ether oxygens (including phenoxy) is 1. The van der Waals surface area contributed by atoms with E-state index < -0.39 is 0 Å². The second-order valence-electron chi connectivity index (χ2n) is 4.95. The lowest BCUT2D eigenvalue weighted by atomic mass is 10.0. The highest BCUT2D eigenvalue weighted by Crippen LogP contribution is 2.27. The largest absolute Gasteiger partial charge is 0.497 e. The molecule has 0 spiro atoms. The van der Waals surface area contributed by atoms with E-state index in [1.54, 1.807) is 7.11 Å². The zero-order valence-electron chi connectivity index (χ0n) is 11.0. The van der Waals surface area contributed by atoms with Crippen molar-refractivity contribution in [2.45, 2.75) is 5.92 Å². The Morgan fingerprint density at radius 2 is 2.20 bits per heavy atom. The average Bonchev–Trinajstić information content (AvgIpc) is 3.01. The Morgan fingerprint density at radius 3 is 2.95 bits per heavy atom. The lowest BCUT2D eigenvalue weighted by Crippen LogP contribution is -2.40. The minimum atomic E-state index is 0.372. The molecule has 0 radical (unpaired) electrons. The number of fused-ring (bicyclic) bond motifs is 1. The number of benzene rings is 1. The molecule has 0 atom stereocenters. The van der Waals surface area contributed by atoms with Crippen molar-refractivity contribution in [1.82, 2.24) is 20.4 Å². The van der Waals surface area contributed by atoms with Gasteiger partial charge in [-0.2, -0.15) is 4.98 Å². The number of H-pyrrole nitrogens is 1. The lowest BCUT2D eigenvalue weighted by molar-refractivity contribution is 0.382. The Labute approximate surface area is 115 Å². The molecule has 0 saturated carbocycles. The number of aromatic nitrogens is 3. The molecule has 1 saturated heterocycles. The third-order valence-corrected chi connectivity index (χ3v) is 3.65. The van der Waals surface area contributed by atoms with E-state index in [1.165, 1.54) is 0 Å². The smallest absolute Gasteiger partial charge is 0.274 e. The first-order valence-electron chi connectivity index (χ1n) is 6.55. The molecule has 0 amide bonds. The van der Waals surface area contributed by atoms with Crippen molar-refractivity contribution in [3.8, 4) is 17.3 Å². The van der Waals surface area contributed by atoms with E-state index in [-0.39, 0.29) is 0 Å². The van der Waals surface area contributed by atoms with Crippen LogP contribution in [0.5, 0.6) is 5.75 Å². The first kappa shape index (κ1) is 11.5. The van der Waals surface area contributed by atoms with Crippen LogP contribution in [0, 0.1) is 0 Å². The van der Waals surface area contributed by atoms with Crippen molar-refractivity contribution in [2.24, 2.45) is 0 Å². The van der Waals surface area contributed by atoms with Gasteiger partial charge in [0.2, 0.25) is 0 Å². The number of nitrogens with zero attached hydrogens (tertiary/aromatic N) is 2. The zero-order chi connectivity index (χ0) is 13.5. The number of methoxy groups -OCH3 is 1. The Hall–Kier alpha value is -2.34. The second-order valence-corrected chi connectivity index (χ2v) is 4.95. The van der Waals surface area contributed by atoms with E-state index in [4.69, 9.17) is 9.26 Å². The van der Waals surface area contributed by atoms with Crippen LogP contribution in [0.25, 0.3) is 22.5 Å². The molecule has 6 heteroatoms. The molecule has 2 aromatic heterocycles. The minimum absolute atomic E-state index is 0.372. The molecule has 1 aliphatic heterocycles. The maximum Gasteiger partial charge on any atom is 0.274 e. The molecule has 6 nitrogen and oxygen atoms in total. The summed E-state index contributed by atoms with van der Waals surface area (Å²) < 4.78 is 10.6. The van der Waals surface area contributed by atoms with Gasteiger partial charge in [-0.3, -0.25) is 0 Å². The highest BCUT2D eigenvalue weighted by molar-refractivity contribution is 5.85. The fourth-order valence-electron chi connectivity index (χ4n) is 2.33. The molecule has 1 aliphatic rings. The first-order chi connectivity index (χ1) is 9.83. The molecule has 0 unspecified atom stereocenters. The van der Waals surface area contributed by atoms with Crippen LogP contribution in [0.3, 0.4) is 0 Å². The van der Waals surface area contributed by atoms with Crippen molar-refractivity contribution in [3.63, 3.8) is 0 Å². The first-order valence-corrected chi connectivity index (χ1v) is 6.55. The lowest BCUT2D eigenvalue weighted by Gasteiger charge is -2.23. The zero-order valence-corrected chi connectivity index (χ0v) is 11.0. The van der Waals surface area contributed by atoms with Crippen LogP contribution in [-0.4, -0.2) is 35.3 Å². The molecule has 1 aromatic carbocycles. The predicted octanol–water partition coefficient (Wildman–Crippen LogP) is 1.91. The van der Waals surface area contributed by atoms with Gasteiger partial charge in [0, 0.05) is 36.0 Å². The normalized spacial score (nSPS) is 15.4. The highest BCUT2D eigenvalue weighted by Gasteiger charge is 2.24. The molecule has 0 aliphatic carbocycles. The summed E-state index contributed by atoms with van der Waals surface area (Å²) in [6.45, 7) is 1.84. The van der Waals surface area contributed by atoms with Gasteiger partial charge in [0.15, 0.2) is 5.82 Å².